The normalized spacial score (nSPS) is 15.7. The lowest BCUT2D eigenvalue weighted by Crippen LogP contribution is -2.50. The van der Waals surface area contributed by atoms with Gasteiger partial charge in [0, 0.05) is 32.4 Å². The molecule has 0 unspecified atom stereocenters. The van der Waals surface area contributed by atoms with Gasteiger partial charge in [0.05, 0.1) is 12.0 Å². The van der Waals surface area contributed by atoms with E-state index in [-0.39, 0.29) is 30.3 Å². The average molecular weight is 446 g/mol. The molecule has 31 heavy (non-hydrogen) atoms. The first-order valence-electron chi connectivity index (χ1n) is 10.4. The second-order valence-electron chi connectivity index (χ2n) is 8.95. The van der Waals surface area contributed by atoms with Crippen molar-refractivity contribution in [1.29, 1.82) is 0 Å². The van der Waals surface area contributed by atoms with Gasteiger partial charge in [-0.2, -0.15) is 4.31 Å². The zero-order chi connectivity index (χ0) is 23.0. The molecule has 0 spiro atoms. The highest BCUT2D eigenvalue weighted by atomic mass is 32.2. The summed E-state index contributed by atoms with van der Waals surface area (Å²) >= 11 is 0. The topological polar surface area (TPSA) is 79.8 Å². The molecule has 0 atom stereocenters. The van der Waals surface area contributed by atoms with Crippen LogP contribution in [0.5, 0.6) is 5.88 Å². The Morgan fingerprint density at radius 2 is 1.65 bits per heavy atom. The lowest BCUT2D eigenvalue weighted by Gasteiger charge is -2.35. The number of ether oxygens (including phenoxy) is 1. The molecule has 1 aromatic carbocycles. The number of methoxy groups -OCH3 is 1. The van der Waals surface area contributed by atoms with Crippen molar-refractivity contribution in [3.8, 4) is 5.88 Å². The standard InChI is InChI=1S/C23H31N3O4S/c1-16-14-18(23(3,4)5)15-17(2)20(16)31(28,29)26-12-10-25(11-13-26)22(27)19-8-7-9-24-21(19)30-6/h7-9,14-15H,10-13H2,1-6H3. The molecule has 0 aliphatic carbocycles. The molecule has 1 saturated heterocycles. The molecule has 1 aliphatic rings. The molecule has 168 valence electrons. The van der Waals surface area contributed by atoms with Crippen LogP contribution in [-0.4, -0.2) is 61.8 Å². The van der Waals surface area contributed by atoms with E-state index in [4.69, 9.17) is 4.74 Å². The van der Waals surface area contributed by atoms with Crippen LogP contribution in [0.2, 0.25) is 0 Å². The third-order valence-corrected chi connectivity index (χ3v) is 7.85. The van der Waals surface area contributed by atoms with Gasteiger partial charge in [0.1, 0.15) is 5.56 Å². The first kappa shape index (κ1) is 23.2. The lowest BCUT2D eigenvalue weighted by molar-refractivity contribution is 0.0693. The van der Waals surface area contributed by atoms with Crippen LogP contribution in [0.4, 0.5) is 0 Å². The SMILES string of the molecule is COc1ncccc1C(=O)N1CCN(S(=O)(=O)c2c(C)cc(C(C)(C)C)cc2C)CC1. The number of amides is 1. The fourth-order valence-corrected chi connectivity index (χ4v) is 5.77. The van der Waals surface area contributed by atoms with Crippen LogP contribution in [-0.2, 0) is 15.4 Å². The van der Waals surface area contributed by atoms with E-state index in [1.165, 1.54) is 11.4 Å². The third kappa shape index (κ3) is 4.60. The Morgan fingerprint density at radius 1 is 1.06 bits per heavy atom. The highest BCUT2D eigenvalue weighted by Gasteiger charge is 2.33. The number of pyridine rings is 1. The van der Waals surface area contributed by atoms with Gasteiger partial charge in [-0.3, -0.25) is 4.79 Å². The second kappa shape index (κ2) is 8.59. The molecule has 0 bridgehead atoms. The summed E-state index contributed by atoms with van der Waals surface area (Å²) in [5.74, 6) is 0.0663. The van der Waals surface area contributed by atoms with E-state index in [1.807, 2.05) is 26.0 Å². The van der Waals surface area contributed by atoms with Crippen molar-refractivity contribution in [2.45, 2.75) is 44.9 Å². The number of rotatable bonds is 4. The Kier molecular flexibility index (Phi) is 6.43. The minimum absolute atomic E-state index is 0.0584. The summed E-state index contributed by atoms with van der Waals surface area (Å²) in [5, 5.41) is 0. The second-order valence-corrected chi connectivity index (χ2v) is 10.8. The number of nitrogens with zero attached hydrogens (tertiary/aromatic N) is 3. The quantitative estimate of drug-likeness (QED) is 0.722. The summed E-state index contributed by atoms with van der Waals surface area (Å²) in [5.41, 5.74) is 2.94. The van der Waals surface area contributed by atoms with Gasteiger partial charge in [0.2, 0.25) is 15.9 Å². The predicted molar refractivity (Wildman–Crippen MR) is 120 cm³/mol. The Balaban J connectivity index is 1.80. The maximum absolute atomic E-state index is 13.4. The summed E-state index contributed by atoms with van der Waals surface area (Å²) in [7, 11) is -2.18. The van der Waals surface area contributed by atoms with Crippen molar-refractivity contribution in [2.24, 2.45) is 0 Å². The Bertz CT molecular complexity index is 1060. The Labute approximate surface area is 185 Å². The molecule has 2 heterocycles. The predicted octanol–water partition coefficient (Wildman–Crippen LogP) is 3.15. The molecule has 3 rings (SSSR count). The van der Waals surface area contributed by atoms with Crippen LogP contribution >= 0.6 is 0 Å². The van der Waals surface area contributed by atoms with Gasteiger partial charge in [-0.1, -0.05) is 32.9 Å². The number of sulfonamides is 1. The zero-order valence-corrected chi connectivity index (χ0v) is 19.9. The van der Waals surface area contributed by atoms with Gasteiger partial charge in [-0.25, -0.2) is 13.4 Å². The van der Waals surface area contributed by atoms with E-state index in [0.717, 1.165) is 16.7 Å². The Hall–Kier alpha value is -2.45. The van der Waals surface area contributed by atoms with E-state index in [2.05, 4.69) is 25.8 Å². The summed E-state index contributed by atoms with van der Waals surface area (Å²) in [6.45, 7) is 11.2. The highest BCUT2D eigenvalue weighted by Crippen LogP contribution is 2.31. The number of benzene rings is 1. The van der Waals surface area contributed by atoms with E-state index >= 15 is 0 Å². The van der Waals surface area contributed by atoms with E-state index < -0.39 is 10.0 Å². The van der Waals surface area contributed by atoms with Crippen molar-refractivity contribution in [2.75, 3.05) is 33.3 Å². The first-order chi connectivity index (χ1) is 14.5. The summed E-state index contributed by atoms with van der Waals surface area (Å²) in [4.78, 5) is 19.0. The molecule has 1 fully saturated rings. The largest absolute Gasteiger partial charge is 0.480 e. The maximum Gasteiger partial charge on any atom is 0.259 e. The number of carbonyl (C=O) groups excluding carboxylic acids is 1. The molecule has 2 aromatic rings. The number of hydrogen-bond acceptors (Lipinski definition) is 5. The minimum atomic E-state index is -3.65. The van der Waals surface area contributed by atoms with Gasteiger partial charge >= 0.3 is 0 Å². The maximum atomic E-state index is 13.4. The molecule has 0 saturated carbocycles. The molecule has 1 amide bonds. The highest BCUT2D eigenvalue weighted by molar-refractivity contribution is 7.89. The lowest BCUT2D eigenvalue weighted by atomic mass is 9.85. The van der Waals surface area contributed by atoms with Crippen LogP contribution < -0.4 is 4.74 Å². The number of hydrogen-bond donors (Lipinski definition) is 0. The van der Waals surface area contributed by atoms with Crippen LogP contribution in [0.3, 0.4) is 0 Å². The number of piperazine rings is 1. The fourth-order valence-electron chi connectivity index (χ4n) is 3.94. The van der Waals surface area contributed by atoms with Gasteiger partial charge in [-0.15, -0.1) is 0 Å². The average Bonchev–Trinajstić information content (AvgIpc) is 2.72. The number of aryl methyl sites for hydroxylation is 2. The van der Waals surface area contributed by atoms with Crippen LogP contribution in [0.25, 0.3) is 0 Å². The van der Waals surface area contributed by atoms with Crippen LogP contribution in [0.15, 0.2) is 35.4 Å². The van der Waals surface area contributed by atoms with Crippen molar-refractivity contribution in [3.05, 3.63) is 52.7 Å². The molecule has 7 nitrogen and oxygen atoms in total. The van der Waals surface area contributed by atoms with Crippen LogP contribution in [0.1, 0.15) is 47.8 Å². The molecule has 8 heteroatoms. The molecule has 1 aliphatic heterocycles. The number of aromatic nitrogens is 1. The van der Waals surface area contributed by atoms with Gasteiger partial charge in [0.15, 0.2) is 0 Å². The van der Waals surface area contributed by atoms with E-state index in [1.54, 1.807) is 23.2 Å². The molecule has 0 radical (unpaired) electrons. The van der Waals surface area contributed by atoms with Crippen molar-refractivity contribution >= 4 is 15.9 Å². The monoisotopic (exact) mass is 445 g/mol. The Morgan fingerprint density at radius 3 is 2.16 bits per heavy atom. The zero-order valence-electron chi connectivity index (χ0n) is 19.1. The summed E-state index contributed by atoms with van der Waals surface area (Å²) < 4.78 is 33.5. The van der Waals surface area contributed by atoms with Crippen molar-refractivity contribution < 1.29 is 17.9 Å². The van der Waals surface area contributed by atoms with Gasteiger partial charge in [0.25, 0.3) is 5.91 Å². The minimum Gasteiger partial charge on any atom is -0.480 e. The van der Waals surface area contributed by atoms with Gasteiger partial charge < -0.3 is 9.64 Å². The van der Waals surface area contributed by atoms with Crippen molar-refractivity contribution in [3.63, 3.8) is 0 Å². The number of carbonyl (C=O) groups is 1. The van der Waals surface area contributed by atoms with Crippen LogP contribution in [0, 0.1) is 13.8 Å². The summed E-state index contributed by atoms with van der Waals surface area (Å²) in [6, 6.07) is 7.28. The molecule has 0 N–H and O–H groups in total. The van der Waals surface area contributed by atoms with Crippen molar-refractivity contribution in [1.82, 2.24) is 14.2 Å². The smallest absolute Gasteiger partial charge is 0.259 e. The first-order valence-corrected chi connectivity index (χ1v) is 11.8. The third-order valence-electron chi connectivity index (χ3n) is 5.64. The molecule has 1 aromatic heterocycles. The fraction of sp³-hybridized carbons (Fsp3) is 0.478. The molecular formula is C23H31N3O4S. The summed E-state index contributed by atoms with van der Waals surface area (Å²) in [6.07, 6.45) is 1.57. The van der Waals surface area contributed by atoms with E-state index in [9.17, 15) is 13.2 Å². The molecular weight excluding hydrogens is 414 g/mol. The van der Waals surface area contributed by atoms with E-state index in [0.29, 0.717) is 23.5 Å². The van der Waals surface area contributed by atoms with Gasteiger partial charge in [-0.05, 0) is 48.1 Å².